The molecule has 0 aromatic carbocycles. The highest BCUT2D eigenvalue weighted by molar-refractivity contribution is 7.86. The molecule has 0 bridgehead atoms. The highest BCUT2D eigenvalue weighted by Crippen LogP contribution is 2.24. The number of rotatable bonds is 1. The molecule has 2 heterocycles. The van der Waals surface area contributed by atoms with Crippen molar-refractivity contribution in [1.29, 1.82) is 0 Å². The molecular weight excluding hydrogens is 218 g/mol. The van der Waals surface area contributed by atoms with Crippen LogP contribution < -0.4 is 4.31 Å². The van der Waals surface area contributed by atoms with Gasteiger partial charge in [0.25, 0.3) is 0 Å². The van der Waals surface area contributed by atoms with Crippen molar-refractivity contribution in [2.75, 3.05) is 16.6 Å². The first kappa shape index (κ1) is 9.79. The fraction of sp³-hybridized carbons (Fsp3) is 0.500. The van der Waals surface area contributed by atoms with Gasteiger partial charge in [0.1, 0.15) is 16.5 Å². The molecule has 1 aliphatic heterocycles. The maximum Gasteiger partial charge on any atom is 0.220 e. The van der Waals surface area contributed by atoms with Crippen LogP contribution in [-0.2, 0) is 11.0 Å². The van der Waals surface area contributed by atoms with E-state index in [1.807, 2.05) is 6.92 Å². The van der Waals surface area contributed by atoms with Crippen LogP contribution in [0.3, 0.4) is 0 Å². The van der Waals surface area contributed by atoms with Gasteiger partial charge in [-0.1, -0.05) is 22.5 Å². The number of anilines is 1. The van der Waals surface area contributed by atoms with Gasteiger partial charge in [0.05, 0.1) is 12.3 Å². The lowest BCUT2D eigenvalue weighted by atomic mass is 10.2. The lowest BCUT2D eigenvalue weighted by Gasteiger charge is -2.26. The smallest absolute Gasteiger partial charge is 0.220 e. The van der Waals surface area contributed by atoms with Crippen LogP contribution in [0.1, 0.15) is 13.8 Å². The van der Waals surface area contributed by atoms with Gasteiger partial charge in [-0.25, -0.2) is 4.21 Å². The van der Waals surface area contributed by atoms with Crippen LogP contribution in [0.15, 0.2) is 16.7 Å². The lowest BCUT2D eigenvalue weighted by molar-refractivity contribution is 0.679. The Morgan fingerprint density at radius 2 is 2.29 bits per heavy atom. The lowest BCUT2D eigenvalue weighted by Crippen LogP contribution is -2.34. The summed E-state index contributed by atoms with van der Waals surface area (Å²) in [5.74, 6) is 0.616. The summed E-state index contributed by atoms with van der Waals surface area (Å²) in [7, 11) is -0.975. The summed E-state index contributed by atoms with van der Waals surface area (Å²) in [5.41, 5.74) is 4.16. The van der Waals surface area contributed by atoms with Gasteiger partial charge >= 0.3 is 0 Å². The molecule has 1 aromatic rings. The molecule has 0 radical (unpaired) electrons. The largest absolute Gasteiger partial charge is 0.261 e. The predicted octanol–water partition coefficient (Wildman–Crippen LogP) is 1.36. The van der Waals surface area contributed by atoms with Crippen molar-refractivity contribution in [3.8, 4) is 0 Å². The van der Waals surface area contributed by atoms with Crippen molar-refractivity contribution in [3.05, 3.63) is 16.7 Å². The Labute approximate surface area is 89.2 Å². The molecule has 1 aromatic heterocycles. The molecule has 1 unspecified atom stereocenters. The average molecular weight is 229 g/mol. The van der Waals surface area contributed by atoms with E-state index >= 15 is 0 Å². The highest BCUT2D eigenvalue weighted by atomic mass is 32.2. The molecular formula is C8H11N3OS2. The summed E-state index contributed by atoms with van der Waals surface area (Å²) in [6.45, 7) is 4.80. The van der Waals surface area contributed by atoms with Crippen LogP contribution in [0, 0.1) is 0 Å². The van der Waals surface area contributed by atoms with Crippen molar-refractivity contribution >= 4 is 27.5 Å². The van der Waals surface area contributed by atoms with Gasteiger partial charge in [0, 0.05) is 0 Å². The highest BCUT2D eigenvalue weighted by Gasteiger charge is 2.23. The maximum absolute atomic E-state index is 11.8. The Balaban J connectivity index is 2.28. The van der Waals surface area contributed by atoms with Crippen LogP contribution in [0.4, 0.5) is 5.13 Å². The standard InChI is InChI=1S/C8H11N3OS2/c1-6-3-11(8-10-9-5-13-8)14(12)4-7(6)2/h5H,3-4H2,1-2H3. The van der Waals surface area contributed by atoms with Gasteiger partial charge < -0.3 is 0 Å². The molecule has 1 atom stereocenters. The summed E-state index contributed by atoms with van der Waals surface area (Å²) >= 11 is 1.42. The van der Waals surface area contributed by atoms with Crippen LogP contribution in [0.25, 0.3) is 0 Å². The number of nitrogens with zero attached hydrogens (tertiary/aromatic N) is 3. The third kappa shape index (κ3) is 1.72. The van der Waals surface area contributed by atoms with Crippen molar-refractivity contribution in [3.63, 3.8) is 0 Å². The number of aromatic nitrogens is 2. The van der Waals surface area contributed by atoms with Crippen LogP contribution in [-0.4, -0.2) is 26.7 Å². The summed E-state index contributed by atoms with van der Waals surface area (Å²) in [4.78, 5) is 0. The molecule has 0 amide bonds. The SMILES string of the molecule is CC1=C(C)CS(=O)N(c2nncs2)C1. The Hall–Kier alpha value is -0.750. The molecule has 6 heteroatoms. The van der Waals surface area contributed by atoms with Gasteiger partial charge in [-0.2, -0.15) is 0 Å². The quantitative estimate of drug-likeness (QED) is 0.683. The van der Waals surface area contributed by atoms with Crippen LogP contribution >= 0.6 is 11.3 Å². The minimum absolute atomic E-state index is 0.616. The molecule has 1 aliphatic rings. The maximum atomic E-state index is 11.8. The monoisotopic (exact) mass is 229 g/mol. The van der Waals surface area contributed by atoms with E-state index in [0.717, 1.165) is 5.13 Å². The molecule has 2 rings (SSSR count). The molecule has 0 N–H and O–H groups in total. The van der Waals surface area contributed by atoms with E-state index < -0.39 is 11.0 Å². The zero-order valence-electron chi connectivity index (χ0n) is 8.06. The Morgan fingerprint density at radius 1 is 1.50 bits per heavy atom. The van der Waals surface area contributed by atoms with Gasteiger partial charge in [0.15, 0.2) is 0 Å². The predicted molar refractivity (Wildman–Crippen MR) is 58.6 cm³/mol. The van der Waals surface area contributed by atoms with Gasteiger partial charge in [0.2, 0.25) is 5.13 Å². The Morgan fingerprint density at radius 3 is 2.93 bits per heavy atom. The van der Waals surface area contributed by atoms with Crippen molar-refractivity contribution in [1.82, 2.24) is 10.2 Å². The van der Waals surface area contributed by atoms with Crippen molar-refractivity contribution in [2.45, 2.75) is 13.8 Å². The first-order valence-electron chi connectivity index (χ1n) is 4.26. The molecule has 0 saturated carbocycles. The van der Waals surface area contributed by atoms with Crippen LogP contribution in [0.5, 0.6) is 0 Å². The van der Waals surface area contributed by atoms with E-state index in [1.165, 1.54) is 22.5 Å². The molecule has 14 heavy (non-hydrogen) atoms. The third-order valence-electron chi connectivity index (χ3n) is 2.26. The second-order valence-corrected chi connectivity index (χ2v) is 5.47. The molecule has 0 aliphatic carbocycles. The van der Waals surface area contributed by atoms with E-state index in [2.05, 4.69) is 17.1 Å². The van der Waals surface area contributed by atoms with E-state index in [1.54, 1.807) is 9.82 Å². The van der Waals surface area contributed by atoms with E-state index in [9.17, 15) is 4.21 Å². The molecule has 0 saturated heterocycles. The molecule has 76 valence electrons. The fourth-order valence-electron chi connectivity index (χ4n) is 1.24. The minimum atomic E-state index is -0.975. The van der Waals surface area contributed by atoms with Gasteiger partial charge in [-0.15, -0.1) is 10.2 Å². The topological polar surface area (TPSA) is 46.1 Å². The number of hydrogen-bond acceptors (Lipinski definition) is 4. The molecule has 0 fully saturated rings. The Bertz CT molecular complexity index is 385. The van der Waals surface area contributed by atoms with E-state index in [0.29, 0.717) is 12.3 Å². The second kappa shape index (κ2) is 3.78. The summed E-state index contributed by atoms with van der Waals surface area (Å²) in [6, 6.07) is 0. The van der Waals surface area contributed by atoms with E-state index in [4.69, 9.17) is 0 Å². The summed E-state index contributed by atoms with van der Waals surface area (Å²) in [5, 5.41) is 8.43. The van der Waals surface area contributed by atoms with Gasteiger partial charge in [-0.3, -0.25) is 4.31 Å². The minimum Gasteiger partial charge on any atom is -0.261 e. The first-order chi connectivity index (χ1) is 6.68. The Kier molecular flexibility index (Phi) is 2.64. The van der Waals surface area contributed by atoms with Gasteiger partial charge in [-0.05, 0) is 13.8 Å². The molecule has 0 spiro atoms. The fourth-order valence-corrected chi connectivity index (χ4v) is 3.40. The van der Waals surface area contributed by atoms with E-state index in [-0.39, 0.29) is 0 Å². The third-order valence-corrected chi connectivity index (χ3v) is 4.56. The van der Waals surface area contributed by atoms with Crippen molar-refractivity contribution < 1.29 is 4.21 Å². The zero-order valence-corrected chi connectivity index (χ0v) is 9.69. The average Bonchev–Trinajstić information content (AvgIpc) is 2.64. The normalized spacial score (nSPS) is 23.0. The van der Waals surface area contributed by atoms with Crippen molar-refractivity contribution in [2.24, 2.45) is 0 Å². The first-order valence-corrected chi connectivity index (χ1v) is 6.41. The number of hydrogen-bond donors (Lipinski definition) is 0. The summed E-state index contributed by atoms with van der Waals surface area (Å²) < 4.78 is 13.6. The molecule has 4 nitrogen and oxygen atoms in total. The zero-order chi connectivity index (χ0) is 10.1. The second-order valence-electron chi connectivity index (χ2n) is 3.28. The van der Waals surface area contributed by atoms with Crippen LogP contribution in [0.2, 0.25) is 0 Å². The summed E-state index contributed by atoms with van der Waals surface area (Å²) in [6.07, 6.45) is 0.